The Morgan fingerprint density at radius 1 is 1.44 bits per heavy atom. The summed E-state index contributed by atoms with van der Waals surface area (Å²) in [5.74, 6) is -3.83. The van der Waals surface area contributed by atoms with Gasteiger partial charge in [-0.3, -0.25) is 0 Å². The molecule has 0 radical (unpaired) electrons. The van der Waals surface area contributed by atoms with Gasteiger partial charge in [-0.25, -0.2) is 8.78 Å². The van der Waals surface area contributed by atoms with E-state index in [0.717, 1.165) is 0 Å². The zero-order valence-corrected chi connectivity index (χ0v) is 10.6. The molecule has 0 saturated carbocycles. The highest BCUT2D eigenvalue weighted by Gasteiger charge is 2.39. The number of benzene rings is 1. The van der Waals surface area contributed by atoms with E-state index >= 15 is 0 Å². The van der Waals surface area contributed by atoms with Crippen LogP contribution in [0.25, 0.3) is 0 Å². The zero-order chi connectivity index (χ0) is 13.1. The first-order valence-corrected chi connectivity index (χ1v) is 5.13. The van der Waals surface area contributed by atoms with Gasteiger partial charge in [0.25, 0.3) is 5.92 Å². The first-order chi connectivity index (χ1) is 7.94. The Morgan fingerprint density at radius 3 is 2.56 bits per heavy atom. The minimum absolute atomic E-state index is 0. The summed E-state index contributed by atoms with van der Waals surface area (Å²) in [6.45, 7) is 0.615. The summed E-state index contributed by atoms with van der Waals surface area (Å²) >= 11 is 0. The lowest BCUT2D eigenvalue weighted by atomic mass is 10.0. The molecular formula is C11H16ClF2NO3. The number of aliphatic hydroxyl groups is 1. The molecule has 0 aromatic heterocycles. The van der Waals surface area contributed by atoms with Crippen LogP contribution in [0.4, 0.5) is 8.78 Å². The van der Waals surface area contributed by atoms with Gasteiger partial charge in [-0.2, -0.15) is 0 Å². The fraction of sp³-hybridized carbons (Fsp3) is 0.455. The van der Waals surface area contributed by atoms with E-state index in [1.807, 2.05) is 0 Å². The van der Waals surface area contributed by atoms with Crippen molar-refractivity contribution in [3.63, 3.8) is 0 Å². The van der Waals surface area contributed by atoms with E-state index in [9.17, 15) is 13.9 Å². The maximum atomic E-state index is 13.2. The average Bonchev–Trinajstić information content (AvgIpc) is 2.31. The molecule has 4 N–H and O–H groups in total. The molecule has 1 aromatic carbocycles. The second-order valence-corrected chi connectivity index (χ2v) is 3.52. The molecule has 18 heavy (non-hydrogen) atoms. The van der Waals surface area contributed by atoms with Crippen LogP contribution in [0.3, 0.4) is 0 Å². The highest BCUT2D eigenvalue weighted by molar-refractivity contribution is 5.85. The number of alkyl halides is 2. The van der Waals surface area contributed by atoms with Crippen molar-refractivity contribution < 1.29 is 23.7 Å². The number of hydrogen-bond donors (Lipinski definition) is 3. The Bertz CT molecular complexity index is 391. The quantitative estimate of drug-likeness (QED) is 0.771. The van der Waals surface area contributed by atoms with Gasteiger partial charge in [0.1, 0.15) is 12.6 Å². The molecular weight excluding hydrogens is 268 g/mol. The first-order valence-electron chi connectivity index (χ1n) is 5.13. The minimum atomic E-state index is -3.50. The molecule has 0 aliphatic heterocycles. The van der Waals surface area contributed by atoms with Crippen LogP contribution in [0.2, 0.25) is 0 Å². The third-order valence-electron chi connectivity index (χ3n) is 2.33. The fourth-order valence-corrected chi connectivity index (χ4v) is 1.39. The van der Waals surface area contributed by atoms with Crippen molar-refractivity contribution in [2.45, 2.75) is 18.9 Å². The smallest absolute Gasteiger partial charge is 0.289 e. The van der Waals surface area contributed by atoms with Crippen LogP contribution in [0, 0.1) is 0 Å². The van der Waals surface area contributed by atoms with Gasteiger partial charge in [0.15, 0.2) is 11.5 Å². The number of aromatic hydroxyl groups is 1. The second kappa shape index (κ2) is 6.72. The number of para-hydroxylation sites is 1. The third kappa shape index (κ3) is 3.44. The van der Waals surface area contributed by atoms with Crippen molar-refractivity contribution in [3.05, 3.63) is 23.8 Å². The SMILES string of the molecule is CCOc1cccc([C@@H](N)C(F)(F)CO)c1O.Cl. The summed E-state index contributed by atoms with van der Waals surface area (Å²) < 4.78 is 31.5. The van der Waals surface area contributed by atoms with Gasteiger partial charge in [-0.15, -0.1) is 12.4 Å². The molecule has 0 fully saturated rings. The van der Waals surface area contributed by atoms with E-state index in [1.54, 1.807) is 6.92 Å². The Labute approximate surface area is 110 Å². The lowest BCUT2D eigenvalue weighted by Gasteiger charge is -2.23. The number of hydrogen-bond acceptors (Lipinski definition) is 4. The summed E-state index contributed by atoms with van der Waals surface area (Å²) in [4.78, 5) is 0. The maximum absolute atomic E-state index is 13.2. The predicted molar refractivity (Wildman–Crippen MR) is 65.5 cm³/mol. The first kappa shape index (κ1) is 16.9. The average molecular weight is 284 g/mol. The van der Waals surface area contributed by atoms with E-state index in [0.29, 0.717) is 6.61 Å². The molecule has 0 aliphatic rings. The van der Waals surface area contributed by atoms with Crippen molar-refractivity contribution in [3.8, 4) is 11.5 Å². The van der Waals surface area contributed by atoms with Crippen LogP contribution in [0.5, 0.6) is 11.5 Å². The van der Waals surface area contributed by atoms with Crippen molar-refractivity contribution in [2.24, 2.45) is 5.73 Å². The molecule has 0 spiro atoms. The predicted octanol–water partition coefficient (Wildman–Crippen LogP) is 1.84. The van der Waals surface area contributed by atoms with Crippen LogP contribution in [-0.4, -0.2) is 29.3 Å². The largest absolute Gasteiger partial charge is 0.504 e. The van der Waals surface area contributed by atoms with Gasteiger partial charge in [0.05, 0.1) is 6.61 Å². The standard InChI is InChI=1S/C11H15F2NO3.ClH/c1-2-17-8-5-3-4-7(9(8)16)10(14)11(12,13)6-15;/h3-5,10,15-16H,2,6,14H2,1H3;1H/t10-;/m1./s1. The minimum Gasteiger partial charge on any atom is -0.504 e. The van der Waals surface area contributed by atoms with Crippen molar-refractivity contribution in [1.29, 1.82) is 0 Å². The normalized spacial score (nSPS) is 12.7. The maximum Gasteiger partial charge on any atom is 0.289 e. The molecule has 7 heteroatoms. The Balaban J connectivity index is 0.00000289. The molecule has 1 aromatic rings. The van der Waals surface area contributed by atoms with Gasteiger partial charge in [0, 0.05) is 5.56 Å². The van der Waals surface area contributed by atoms with Crippen LogP contribution >= 0.6 is 12.4 Å². The summed E-state index contributed by atoms with van der Waals surface area (Å²) in [5, 5.41) is 18.3. The molecule has 4 nitrogen and oxygen atoms in total. The summed E-state index contributed by atoms with van der Waals surface area (Å²) in [6.07, 6.45) is 0. The molecule has 0 saturated heterocycles. The van der Waals surface area contributed by atoms with Crippen LogP contribution in [0.1, 0.15) is 18.5 Å². The number of rotatable bonds is 5. The molecule has 0 aliphatic carbocycles. The van der Waals surface area contributed by atoms with Gasteiger partial charge in [-0.1, -0.05) is 12.1 Å². The van der Waals surface area contributed by atoms with E-state index in [1.165, 1.54) is 18.2 Å². The summed E-state index contributed by atoms with van der Waals surface area (Å²) in [7, 11) is 0. The molecule has 0 heterocycles. The molecule has 1 rings (SSSR count). The topological polar surface area (TPSA) is 75.7 Å². The monoisotopic (exact) mass is 283 g/mol. The van der Waals surface area contributed by atoms with Gasteiger partial charge >= 0.3 is 0 Å². The van der Waals surface area contributed by atoms with Gasteiger partial charge < -0.3 is 20.7 Å². The molecule has 104 valence electrons. The van der Waals surface area contributed by atoms with E-state index in [-0.39, 0.29) is 23.7 Å². The van der Waals surface area contributed by atoms with Gasteiger partial charge in [-0.05, 0) is 13.0 Å². The molecule has 0 unspecified atom stereocenters. The summed E-state index contributed by atoms with van der Waals surface area (Å²) in [6, 6.07) is 2.39. The number of nitrogens with two attached hydrogens (primary N) is 1. The zero-order valence-electron chi connectivity index (χ0n) is 9.77. The molecule has 1 atom stereocenters. The van der Waals surface area contributed by atoms with Crippen LogP contribution in [0.15, 0.2) is 18.2 Å². The highest BCUT2D eigenvalue weighted by Crippen LogP contribution is 2.38. The van der Waals surface area contributed by atoms with Gasteiger partial charge in [0.2, 0.25) is 0 Å². The lowest BCUT2D eigenvalue weighted by Crippen LogP contribution is -2.36. The lowest BCUT2D eigenvalue weighted by molar-refractivity contribution is -0.0716. The van der Waals surface area contributed by atoms with E-state index in [4.69, 9.17) is 15.6 Å². The molecule has 0 amide bonds. The summed E-state index contributed by atoms with van der Waals surface area (Å²) in [5.41, 5.74) is 5.17. The molecule has 0 bridgehead atoms. The van der Waals surface area contributed by atoms with Crippen molar-refractivity contribution in [2.75, 3.05) is 13.2 Å². The number of phenols is 1. The van der Waals surface area contributed by atoms with Crippen molar-refractivity contribution in [1.82, 2.24) is 0 Å². The number of halogens is 3. The number of ether oxygens (including phenoxy) is 1. The second-order valence-electron chi connectivity index (χ2n) is 3.52. The van der Waals surface area contributed by atoms with E-state index < -0.39 is 24.3 Å². The Morgan fingerprint density at radius 2 is 2.06 bits per heavy atom. The highest BCUT2D eigenvalue weighted by atomic mass is 35.5. The Kier molecular flexibility index (Phi) is 6.31. The number of aliphatic hydroxyl groups excluding tert-OH is 1. The third-order valence-corrected chi connectivity index (χ3v) is 2.33. The van der Waals surface area contributed by atoms with E-state index in [2.05, 4.69) is 0 Å². The van der Waals surface area contributed by atoms with Crippen molar-refractivity contribution >= 4 is 12.4 Å². The van der Waals surface area contributed by atoms with Crippen LogP contribution < -0.4 is 10.5 Å². The van der Waals surface area contributed by atoms with Crippen LogP contribution in [-0.2, 0) is 0 Å². The number of phenolic OH excluding ortho intramolecular Hbond substituents is 1. The fourth-order valence-electron chi connectivity index (χ4n) is 1.39. The Hall–Kier alpha value is -1.11.